The Morgan fingerprint density at radius 1 is 1.15 bits per heavy atom. The lowest BCUT2D eigenvalue weighted by Gasteiger charge is -2.32. The molecule has 1 aliphatic heterocycles. The van der Waals surface area contributed by atoms with E-state index in [0.717, 1.165) is 17.5 Å². The van der Waals surface area contributed by atoms with Crippen molar-refractivity contribution in [3.63, 3.8) is 0 Å². The number of nitrogens with two attached hydrogens (primary N) is 1. The van der Waals surface area contributed by atoms with Gasteiger partial charge in [0, 0.05) is 5.02 Å². The predicted octanol–water partition coefficient (Wildman–Crippen LogP) is 3.68. The summed E-state index contributed by atoms with van der Waals surface area (Å²) in [6.45, 7) is 0. The molecule has 0 fully saturated rings. The second-order valence-corrected chi connectivity index (χ2v) is 6.73. The topological polar surface area (TPSA) is 87.2 Å². The Morgan fingerprint density at radius 2 is 1.93 bits per heavy atom. The molecule has 2 aromatic carbocycles. The SMILES string of the molecule is COc1ccc([C@H]2C[C@@H](c3ccccc3Cl)Nc3nc(N)nn32)cc1OC. The third-order valence-electron chi connectivity index (χ3n) is 4.78. The van der Waals surface area contributed by atoms with Crippen LogP contribution < -0.4 is 20.5 Å². The van der Waals surface area contributed by atoms with Gasteiger partial charge in [-0.2, -0.15) is 4.98 Å². The van der Waals surface area contributed by atoms with Gasteiger partial charge in [0.2, 0.25) is 11.9 Å². The zero-order chi connectivity index (χ0) is 19.0. The van der Waals surface area contributed by atoms with E-state index in [4.69, 9.17) is 26.8 Å². The van der Waals surface area contributed by atoms with Crippen molar-refractivity contribution in [3.05, 3.63) is 58.6 Å². The van der Waals surface area contributed by atoms with E-state index in [0.29, 0.717) is 22.5 Å². The van der Waals surface area contributed by atoms with Gasteiger partial charge in [0.05, 0.1) is 26.3 Å². The molecule has 0 bridgehead atoms. The Morgan fingerprint density at radius 3 is 2.67 bits per heavy atom. The Balaban J connectivity index is 1.78. The highest BCUT2D eigenvalue weighted by Crippen LogP contribution is 2.41. The number of anilines is 2. The molecule has 0 unspecified atom stereocenters. The van der Waals surface area contributed by atoms with E-state index < -0.39 is 0 Å². The average molecular weight is 386 g/mol. The van der Waals surface area contributed by atoms with Crippen LogP contribution in [0.2, 0.25) is 5.02 Å². The van der Waals surface area contributed by atoms with Gasteiger partial charge in [-0.25, -0.2) is 4.68 Å². The van der Waals surface area contributed by atoms with E-state index in [2.05, 4.69) is 15.4 Å². The quantitative estimate of drug-likeness (QED) is 0.712. The number of rotatable bonds is 4. The molecule has 0 radical (unpaired) electrons. The van der Waals surface area contributed by atoms with Crippen LogP contribution in [-0.4, -0.2) is 29.0 Å². The van der Waals surface area contributed by atoms with Gasteiger partial charge in [-0.15, -0.1) is 5.10 Å². The molecule has 1 aliphatic rings. The summed E-state index contributed by atoms with van der Waals surface area (Å²) in [5.41, 5.74) is 7.90. The van der Waals surface area contributed by atoms with Crippen molar-refractivity contribution < 1.29 is 9.47 Å². The molecular formula is C19H20ClN5O2. The normalized spacial score (nSPS) is 18.5. The molecule has 27 heavy (non-hydrogen) atoms. The highest BCUT2D eigenvalue weighted by atomic mass is 35.5. The third kappa shape index (κ3) is 3.14. The zero-order valence-electron chi connectivity index (χ0n) is 15.0. The van der Waals surface area contributed by atoms with Crippen LogP contribution in [0.4, 0.5) is 11.9 Å². The van der Waals surface area contributed by atoms with Gasteiger partial charge in [0.15, 0.2) is 11.5 Å². The standard InChI is InChI=1S/C19H20ClN5O2/c1-26-16-8-7-11(9-17(16)27-2)15-10-14(12-5-3-4-6-13(12)20)22-19-23-18(21)24-25(15)19/h3-9,14-15H,10H2,1-2H3,(H3,21,22,23,24)/t14-,15+/m0/s1. The molecule has 3 aromatic rings. The second-order valence-electron chi connectivity index (χ2n) is 6.32. The third-order valence-corrected chi connectivity index (χ3v) is 5.12. The molecule has 0 amide bonds. The van der Waals surface area contributed by atoms with Crippen molar-refractivity contribution in [1.82, 2.24) is 14.8 Å². The molecule has 140 valence electrons. The molecule has 8 heteroatoms. The first-order valence-electron chi connectivity index (χ1n) is 8.55. The number of hydrogen-bond acceptors (Lipinski definition) is 6. The molecule has 3 N–H and O–H groups in total. The number of nitrogens with zero attached hydrogens (tertiary/aromatic N) is 3. The van der Waals surface area contributed by atoms with Crippen LogP contribution in [0.25, 0.3) is 0 Å². The van der Waals surface area contributed by atoms with Crippen molar-refractivity contribution in [1.29, 1.82) is 0 Å². The van der Waals surface area contributed by atoms with Crippen molar-refractivity contribution in [2.45, 2.75) is 18.5 Å². The van der Waals surface area contributed by atoms with Crippen LogP contribution in [0.5, 0.6) is 11.5 Å². The van der Waals surface area contributed by atoms with Crippen LogP contribution in [0.15, 0.2) is 42.5 Å². The smallest absolute Gasteiger partial charge is 0.241 e. The van der Waals surface area contributed by atoms with Gasteiger partial charge in [-0.1, -0.05) is 35.9 Å². The van der Waals surface area contributed by atoms with E-state index >= 15 is 0 Å². The maximum atomic E-state index is 6.43. The number of benzene rings is 2. The Labute approximate surface area is 162 Å². The summed E-state index contributed by atoms with van der Waals surface area (Å²) in [5, 5.41) is 8.48. The lowest BCUT2D eigenvalue weighted by molar-refractivity contribution is 0.352. The minimum absolute atomic E-state index is 0.0205. The highest BCUT2D eigenvalue weighted by molar-refractivity contribution is 6.31. The van der Waals surface area contributed by atoms with Gasteiger partial charge in [-0.3, -0.25) is 0 Å². The maximum Gasteiger partial charge on any atom is 0.241 e. The van der Waals surface area contributed by atoms with Crippen molar-refractivity contribution in [2.24, 2.45) is 0 Å². The van der Waals surface area contributed by atoms with Crippen LogP contribution in [0.1, 0.15) is 29.6 Å². The summed E-state index contributed by atoms with van der Waals surface area (Å²) < 4.78 is 12.6. The fourth-order valence-electron chi connectivity index (χ4n) is 3.49. The average Bonchev–Trinajstić information content (AvgIpc) is 3.07. The van der Waals surface area contributed by atoms with E-state index in [-0.39, 0.29) is 18.0 Å². The van der Waals surface area contributed by atoms with Crippen LogP contribution in [-0.2, 0) is 0 Å². The second kappa shape index (κ2) is 7.00. The number of fused-ring (bicyclic) bond motifs is 1. The molecule has 7 nitrogen and oxygen atoms in total. The summed E-state index contributed by atoms with van der Waals surface area (Å²) in [7, 11) is 3.24. The molecule has 0 saturated heterocycles. The van der Waals surface area contributed by atoms with Gasteiger partial charge in [0.25, 0.3) is 0 Å². The van der Waals surface area contributed by atoms with Gasteiger partial charge in [0.1, 0.15) is 0 Å². The fraction of sp³-hybridized carbons (Fsp3) is 0.263. The molecule has 0 spiro atoms. The summed E-state index contributed by atoms with van der Waals surface area (Å²) >= 11 is 6.43. The monoisotopic (exact) mass is 385 g/mol. The number of ether oxygens (including phenoxy) is 2. The molecule has 0 saturated carbocycles. The first-order chi connectivity index (χ1) is 13.1. The van der Waals surface area contributed by atoms with Crippen molar-refractivity contribution in [3.8, 4) is 11.5 Å². The summed E-state index contributed by atoms with van der Waals surface area (Å²) in [6.07, 6.45) is 0.731. The van der Waals surface area contributed by atoms with E-state index in [9.17, 15) is 0 Å². The van der Waals surface area contributed by atoms with Crippen molar-refractivity contribution in [2.75, 3.05) is 25.3 Å². The van der Waals surface area contributed by atoms with Crippen molar-refractivity contribution >= 4 is 23.5 Å². The van der Waals surface area contributed by atoms with E-state index in [1.807, 2.05) is 47.1 Å². The Hall–Kier alpha value is -2.93. The lowest BCUT2D eigenvalue weighted by atomic mass is 9.93. The first kappa shape index (κ1) is 17.5. The number of hydrogen-bond donors (Lipinski definition) is 2. The van der Waals surface area contributed by atoms with Gasteiger partial charge < -0.3 is 20.5 Å². The maximum absolute atomic E-state index is 6.43. The van der Waals surface area contributed by atoms with E-state index in [1.165, 1.54) is 0 Å². The molecule has 0 aliphatic carbocycles. The molecule has 1 aromatic heterocycles. The number of aromatic nitrogens is 3. The largest absolute Gasteiger partial charge is 0.493 e. The molecule has 2 heterocycles. The van der Waals surface area contributed by atoms with Crippen LogP contribution in [0, 0.1) is 0 Å². The summed E-state index contributed by atoms with van der Waals surface area (Å²) in [6, 6.07) is 13.5. The summed E-state index contributed by atoms with van der Waals surface area (Å²) in [4.78, 5) is 4.33. The Kier molecular flexibility index (Phi) is 4.53. The van der Waals surface area contributed by atoms with Crippen LogP contribution >= 0.6 is 11.6 Å². The van der Waals surface area contributed by atoms with Crippen LogP contribution in [0.3, 0.4) is 0 Å². The number of halogens is 1. The number of methoxy groups -OCH3 is 2. The molecule has 4 rings (SSSR count). The number of nitrogen functional groups attached to an aromatic ring is 1. The van der Waals surface area contributed by atoms with E-state index in [1.54, 1.807) is 14.2 Å². The Bertz CT molecular complexity index is 974. The predicted molar refractivity (Wildman–Crippen MR) is 105 cm³/mol. The van der Waals surface area contributed by atoms with Gasteiger partial charge in [-0.05, 0) is 35.7 Å². The highest BCUT2D eigenvalue weighted by Gasteiger charge is 2.32. The van der Waals surface area contributed by atoms with Gasteiger partial charge >= 0.3 is 0 Å². The lowest BCUT2D eigenvalue weighted by Crippen LogP contribution is -2.28. The minimum atomic E-state index is -0.0767. The number of nitrogens with one attached hydrogen (secondary N) is 1. The fourth-order valence-corrected chi connectivity index (χ4v) is 3.76. The molecular weight excluding hydrogens is 366 g/mol. The zero-order valence-corrected chi connectivity index (χ0v) is 15.8. The first-order valence-corrected chi connectivity index (χ1v) is 8.93. The molecule has 2 atom stereocenters. The summed E-state index contributed by atoms with van der Waals surface area (Å²) in [5.74, 6) is 2.18. The minimum Gasteiger partial charge on any atom is -0.493 e.